The highest BCUT2D eigenvalue weighted by molar-refractivity contribution is 6.36. The van der Waals surface area contributed by atoms with Crippen LogP contribution in [0.15, 0.2) is 78.8 Å². The van der Waals surface area contributed by atoms with Crippen molar-refractivity contribution in [2.24, 2.45) is 0 Å². The topological polar surface area (TPSA) is 100 Å². The molecule has 6 rings (SSSR count). The molecule has 0 radical (unpaired) electrons. The molecule has 214 valence electrons. The maximum Gasteiger partial charge on any atom is 0.141 e. The van der Waals surface area contributed by atoms with Gasteiger partial charge in [0, 0.05) is 35.7 Å². The largest absolute Gasteiger partial charge is 0.373 e. The molecule has 0 amide bonds. The number of hydrogen-bond acceptors (Lipinski definition) is 8. The second-order valence-electron chi connectivity index (χ2n) is 10.1. The average Bonchev–Trinajstić information content (AvgIpc) is 3.48. The predicted octanol–water partition coefficient (Wildman–Crippen LogP) is 6.32. The normalized spacial score (nSPS) is 19.1. The van der Waals surface area contributed by atoms with Crippen molar-refractivity contribution >= 4 is 51.2 Å². The van der Waals surface area contributed by atoms with Gasteiger partial charge in [-0.2, -0.15) is 5.26 Å². The van der Waals surface area contributed by atoms with E-state index in [0.29, 0.717) is 46.0 Å². The van der Waals surface area contributed by atoms with Gasteiger partial charge in [0.15, 0.2) is 0 Å². The lowest BCUT2D eigenvalue weighted by Crippen LogP contribution is -2.53. The van der Waals surface area contributed by atoms with E-state index >= 15 is 0 Å². The van der Waals surface area contributed by atoms with Crippen LogP contribution in [0.4, 0.5) is 25.8 Å². The first-order valence-corrected chi connectivity index (χ1v) is 14.1. The predicted molar refractivity (Wildman–Crippen MR) is 161 cm³/mol. The smallest absolute Gasteiger partial charge is 0.141 e. The van der Waals surface area contributed by atoms with Crippen LogP contribution in [-0.4, -0.2) is 35.3 Å². The van der Waals surface area contributed by atoms with Gasteiger partial charge in [-0.05, 0) is 48.9 Å². The first-order valence-electron chi connectivity index (χ1n) is 13.3. The second kappa shape index (κ2) is 12.0. The number of hydrogen-bond donors (Lipinski definition) is 5. The van der Waals surface area contributed by atoms with Gasteiger partial charge in [-0.3, -0.25) is 9.99 Å². The Morgan fingerprint density at radius 3 is 2.64 bits per heavy atom. The fraction of sp³-hybridized carbons (Fsp3) is 0.200. The van der Waals surface area contributed by atoms with Crippen molar-refractivity contribution in [3.8, 4) is 6.07 Å². The summed E-state index contributed by atoms with van der Waals surface area (Å²) < 4.78 is 28.5. The van der Waals surface area contributed by atoms with E-state index in [9.17, 15) is 14.0 Å². The number of hydrazine groups is 2. The highest BCUT2D eigenvalue weighted by atomic mass is 35.5. The molecule has 4 aromatic rings. The third-order valence-corrected chi connectivity index (χ3v) is 7.91. The van der Waals surface area contributed by atoms with E-state index < -0.39 is 12.0 Å². The zero-order valence-electron chi connectivity index (χ0n) is 22.1. The van der Waals surface area contributed by atoms with E-state index in [1.54, 1.807) is 11.1 Å². The molecule has 3 unspecified atom stereocenters. The zero-order chi connectivity index (χ0) is 29.2. The summed E-state index contributed by atoms with van der Waals surface area (Å²) in [5.41, 5.74) is 10.4. The molecule has 0 bridgehead atoms. The van der Waals surface area contributed by atoms with Crippen LogP contribution < -0.4 is 26.9 Å². The maximum atomic E-state index is 14.7. The van der Waals surface area contributed by atoms with Gasteiger partial charge in [0.05, 0.1) is 44.6 Å². The highest BCUT2D eigenvalue weighted by Gasteiger charge is 2.33. The molecule has 3 atom stereocenters. The SMILES string of the molecule is N#Cc1cnc2c(Cl)cc(NC(C3=CN(C4CCNCC4F)NN3)c3ccccc3)cc2c1Nc1ccc(F)c(Cl)c1. The Bertz CT molecular complexity index is 1690. The quantitative estimate of drug-likeness (QED) is 0.167. The molecule has 3 aromatic carbocycles. The molecule has 2 aliphatic heterocycles. The van der Waals surface area contributed by atoms with Gasteiger partial charge in [-0.1, -0.05) is 53.5 Å². The van der Waals surface area contributed by atoms with Crippen molar-refractivity contribution in [3.63, 3.8) is 0 Å². The number of nitrogens with one attached hydrogen (secondary N) is 5. The van der Waals surface area contributed by atoms with E-state index in [4.69, 9.17) is 23.2 Å². The number of anilines is 3. The molecule has 1 saturated heterocycles. The molecule has 0 saturated carbocycles. The number of alkyl halides is 1. The third-order valence-electron chi connectivity index (χ3n) is 7.33. The molecule has 2 aliphatic rings. The van der Waals surface area contributed by atoms with Gasteiger partial charge >= 0.3 is 0 Å². The van der Waals surface area contributed by atoms with Crippen LogP contribution in [0.1, 0.15) is 23.6 Å². The van der Waals surface area contributed by atoms with E-state index in [1.165, 1.54) is 24.4 Å². The van der Waals surface area contributed by atoms with Crippen LogP contribution in [0.3, 0.4) is 0 Å². The molecule has 1 fully saturated rings. The number of nitrogens with zero attached hydrogens (tertiary/aromatic N) is 3. The van der Waals surface area contributed by atoms with Gasteiger partial charge < -0.3 is 21.4 Å². The van der Waals surface area contributed by atoms with Gasteiger partial charge in [0.2, 0.25) is 0 Å². The number of pyridine rings is 1. The molecule has 42 heavy (non-hydrogen) atoms. The summed E-state index contributed by atoms with van der Waals surface area (Å²) in [6.07, 6.45) is 2.96. The molecular formula is C30H26Cl2F2N8. The van der Waals surface area contributed by atoms with Crippen LogP contribution in [0.25, 0.3) is 10.9 Å². The van der Waals surface area contributed by atoms with Gasteiger partial charge in [-0.15, -0.1) is 5.53 Å². The minimum Gasteiger partial charge on any atom is -0.373 e. The number of fused-ring (bicyclic) bond motifs is 1. The van der Waals surface area contributed by atoms with E-state index in [0.717, 1.165) is 17.8 Å². The molecular weight excluding hydrogens is 581 g/mol. The van der Waals surface area contributed by atoms with Crippen molar-refractivity contribution < 1.29 is 8.78 Å². The fourth-order valence-corrected chi connectivity index (χ4v) is 5.67. The summed E-state index contributed by atoms with van der Waals surface area (Å²) in [5.74, 6) is -0.547. The number of nitriles is 1. The van der Waals surface area contributed by atoms with Crippen LogP contribution in [0, 0.1) is 17.1 Å². The lowest BCUT2D eigenvalue weighted by atomic mass is 10.0. The Balaban J connectivity index is 1.39. The van der Waals surface area contributed by atoms with Crippen LogP contribution in [0.5, 0.6) is 0 Å². The van der Waals surface area contributed by atoms with Crippen molar-refractivity contribution in [1.82, 2.24) is 26.3 Å². The standard InChI is InChI=1S/C30H26Cl2F2N8/c31-22-11-19(6-7-24(22)33)38-28-18(13-35)14-37-30-21(28)10-20(12-23(30)32)39-29(17-4-2-1-3-5-17)26-16-42(41-40-26)27-8-9-36-15-25(27)34/h1-7,10-12,14,16,25,27,29,36,39-41H,8-9,15H2,(H,37,38). The van der Waals surface area contributed by atoms with Gasteiger partial charge in [0.1, 0.15) is 18.1 Å². The Morgan fingerprint density at radius 2 is 1.88 bits per heavy atom. The summed E-state index contributed by atoms with van der Waals surface area (Å²) >= 11 is 12.7. The van der Waals surface area contributed by atoms with Crippen molar-refractivity contribution in [2.45, 2.75) is 24.7 Å². The Kier molecular flexibility index (Phi) is 8.00. The summed E-state index contributed by atoms with van der Waals surface area (Å²) in [6.45, 7) is 1.04. The van der Waals surface area contributed by atoms with Crippen molar-refractivity contribution in [2.75, 3.05) is 23.7 Å². The van der Waals surface area contributed by atoms with Gasteiger partial charge in [-0.25, -0.2) is 8.78 Å². The summed E-state index contributed by atoms with van der Waals surface area (Å²) in [4.78, 5) is 4.42. The second-order valence-corrected chi connectivity index (χ2v) is 10.9. The average molecular weight is 607 g/mol. The fourth-order valence-electron chi connectivity index (χ4n) is 5.22. The van der Waals surface area contributed by atoms with Crippen molar-refractivity contribution in [3.05, 3.63) is 106 Å². The maximum absolute atomic E-state index is 14.7. The molecule has 12 heteroatoms. The Morgan fingerprint density at radius 1 is 1.07 bits per heavy atom. The zero-order valence-corrected chi connectivity index (χ0v) is 23.6. The molecule has 8 nitrogen and oxygen atoms in total. The van der Waals surface area contributed by atoms with Crippen LogP contribution in [0.2, 0.25) is 10.0 Å². The number of rotatable bonds is 7. The summed E-state index contributed by atoms with van der Waals surface area (Å²) in [6, 6.07) is 19.1. The first-order chi connectivity index (χ1) is 20.4. The molecule has 0 spiro atoms. The minimum absolute atomic E-state index is 0.0495. The van der Waals surface area contributed by atoms with Crippen LogP contribution in [-0.2, 0) is 0 Å². The lowest BCUT2D eigenvalue weighted by Gasteiger charge is -2.33. The van der Waals surface area contributed by atoms with E-state index in [-0.39, 0.29) is 22.7 Å². The number of halogens is 4. The number of piperidine rings is 1. The van der Waals surface area contributed by atoms with Crippen LogP contribution >= 0.6 is 23.2 Å². The number of aromatic nitrogens is 1. The first kappa shape index (κ1) is 28.0. The van der Waals surface area contributed by atoms with E-state index in [2.05, 4.69) is 38.0 Å². The third kappa shape index (κ3) is 5.65. The lowest BCUT2D eigenvalue weighted by molar-refractivity contribution is 0.0854. The Hall–Kier alpha value is -4.14. The monoisotopic (exact) mass is 606 g/mol. The summed E-state index contributed by atoms with van der Waals surface area (Å²) in [5, 5.41) is 22.4. The summed E-state index contributed by atoms with van der Waals surface area (Å²) in [7, 11) is 0. The van der Waals surface area contributed by atoms with E-state index in [1.807, 2.05) is 42.6 Å². The molecule has 5 N–H and O–H groups in total. The van der Waals surface area contributed by atoms with Gasteiger partial charge in [0.25, 0.3) is 0 Å². The van der Waals surface area contributed by atoms with Crippen molar-refractivity contribution in [1.29, 1.82) is 5.26 Å². The molecule has 0 aliphatic carbocycles. The molecule has 3 heterocycles. The Labute approximate surface area is 251 Å². The number of benzene rings is 3. The minimum atomic E-state index is -1.02. The molecule has 1 aromatic heterocycles. The highest BCUT2D eigenvalue weighted by Crippen LogP contribution is 2.37.